The van der Waals surface area contributed by atoms with Crippen LogP contribution in [0.4, 0.5) is 0 Å². The van der Waals surface area contributed by atoms with E-state index in [2.05, 4.69) is 55.5 Å². The molecule has 3 rings (SSSR count). The van der Waals surface area contributed by atoms with Crippen LogP contribution in [-0.2, 0) is 12.8 Å². The van der Waals surface area contributed by atoms with Crippen LogP contribution >= 0.6 is 0 Å². The summed E-state index contributed by atoms with van der Waals surface area (Å²) in [5, 5.41) is 0. The quantitative estimate of drug-likeness (QED) is 0.886. The Kier molecular flexibility index (Phi) is 3.39. The SMILES string of the molecule is Cc1ccc(CC(N)C2CCc3ccccc32)cc1. The van der Waals surface area contributed by atoms with Gasteiger partial charge in [0.25, 0.3) is 0 Å². The Balaban J connectivity index is 1.75. The molecule has 2 aromatic carbocycles. The summed E-state index contributed by atoms with van der Waals surface area (Å²) in [5.74, 6) is 0.525. The van der Waals surface area contributed by atoms with E-state index >= 15 is 0 Å². The molecular formula is C18H21N. The van der Waals surface area contributed by atoms with E-state index in [-0.39, 0.29) is 6.04 Å². The van der Waals surface area contributed by atoms with E-state index in [0.717, 1.165) is 6.42 Å². The number of rotatable bonds is 3. The molecule has 1 nitrogen and oxygen atoms in total. The minimum atomic E-state index is 0.228. The van der Waals surface area contributed by atoms with E-state index in [1.165, 1.54) is 35.1 Å². The van der Waals surface area contributed by atoms with Gasteiger partial charge in [-0.1, -0.05) is 54.1 Å². The molecule has 0 aliphatic heterocycles. The van der Waals surface area contributed by atoms with Crippen molar-refractivity contribution in [3.63, 3.8) is 0 Å². The summed E-state index contributed by atoms with van der Waals surface area (Å²) in [4.78, 5) is 0. The monoisotopic (exact) mass is 251 g/mol. The fourth-order valence-corrected chi connectivity index (χ4v) is 3.17. The number of benzene rings is 2. The maximum absolute atomic E-state index is 6.46. The lowest BCUT2D eigenvalue weighted by molar-refractivity contribution is 0.525. The minimum Gasteiger partial charge on any atom is -0.327 e. The number of hydrogen-bond acceptors (Lipinski definition) is 1. The third-order valence-electron chi connectivity index (χ3n) is 4.29. The standard InChI is InChI=1S/C18H21N/c1-13-6-8-14(9-7-13)12-18(19)17-11-10-15-4-2-3-5-16(15)17/h2-9,17-18H,10-12,19H2,1H3. The third-order valence-corrected chi connectivity index (χ3v) is 4.29. The molecular weight excluding hydrogens is 230 g/mol. The van der Waals surface area contributed by atoms with Gasteiger partial charge in [-0.3, -0.25) is 0 Å². The average Bonchev–Trinajstić information content (AvgIpc) is 2.85. The zero-order valence-electron chi connectivity index (χ0n) is 11.5. The van der Waals surface area contributed by atoms with Crippen molar-refractivity contribution in [3.05, 3.63) is 70.8 Å². The summed E-state index contributed by atoms with van der Waals surface area (Å²) >= 11 is 0. The van der Waals surface area contributed by atoms with E-state index in [4.69, 9.17) is 5.73 Å². The van der Waals surface area contributed by atoms with Gasteiger partial charge < -0.3 is 5.73 Å². The van der Waals surface area contributed by atoms with Crippen molar-refractivity contribution in [3.8, 4) is 0 Å². The number of aryl methyl sites for hydroxylation is 2. The molecule has 2 N–H and O–H groups in total. The highest BCUT2D eigenvalue weighted by Crippen LogP contribution is 2.35. The summed E-state index contributed by atoms with van der Waals surface area (Å²) in [6, 6.07) is 17.7. The molecule has 98 valence electrons. The Morgan fingerprint density at radius 3 is 2.63 bits per heavy atom. The maximum atomic E-state index is 6.46. The molecule has 2 unspecified atom stereocenters. The van der Waals surface area contributed by atoms with Gasteiger partial charge in [0.05, 0.1) is 0 Å². The van der Waals surface area contributed by atoms with Crippen LogP contribution in [0, 0.1) is 6.92 Å². The van der Waals surface area contributed by atoms with Crippen molar-refractivity contribution in [2.45, 2.75) is 38.1 Å². The molecule has 19 heavy (non-hydrogen) atoms. The molecule has 1 heteroatoms. The van der Waals surface area contributed by atoms with Crippen LogP contribution < -0.4 is 5.73 Å². The lowest BCUT2D eigenvalue weighted by atomic mass is 9.89. The van der Waals surface area contributed by atoms with Gasteiger partial charge in [0.2, 0.25) is 0 Å². The smallest absolute Gasteiger partial charge is 0.0149 e. The van der Waals surface area contributed by atoms with Crippen molar-refractivity contribution in [1.82, 2.24) is 0 Å². The third kappa shape index (κ3) is 2.57. The molecule has 1 aliphatic rings. The van der Waals surface area contributed by atoms with E-state index in [9.17, 15) is 0 Å². The summed E-state index contributed by atoms with van der Waals surface area (Å²) < 4.78 is 0. The first kappa shape index (κ1) is 12.4. The fraction of sp³-hybridized carbons (Fsp3) is 0.333. The second kappa shape index (κ2) is 5.18. The van der Waals surface area contributed by atoms with Gasteiger partial charge in [0.15, 0.2) is 0 Å². The van der Waals surface area contributed by atoms with E-state index in [0.29, 0.717) is 5.92 Å². The minimum absolute atomic E-state index is 0.228. The van der Waals surface area contributed by atoms with Crippen molar-refractivity contribution < 1.29 is 0 Å². The van der Waals surface area contributed by atoms with Gasteiger partial charge in [-0.2, -0.15) is 0 Å². The number of hydrogen-bond donors (Lipinski definition) is 1. The van der Waals surface area contributed by atoms with E-state index in [1.807, 2.05) is 0 Å². The zero-order valence-corrected chi connectivity index (χ0v) is 11.5. The van der Waals surface area contributed by atoms with Gasteiger partial charge >= 0.3 is 0 Å². The molecule has 0 heterocycles. The number of nitrogens with two attached hydrogens (primary N) is 1. The van der Waals surface area contributed by atoms with Crippen LogP contribution in [-0.4, -0.2) is 6.04 Å². The summed E-state index contributed by atoms with van der Waals surface area (Å²) in [5.41, 5.74) is 12.1. The lowest BCUT2D eigenvalue weighted by Crippen LogP contribution is -2.29. The molecule has 2 atom stereocenters. The highest BCUT2D eigenvalue weighted by molar-refractivity contribution is 5.36. The predicted molar refractivity (Wildman–Crippen MR) is 80.4 cm³/mol. The van der Waals surface area contributed by atoms with Gasteiger partial charge in [-0.15, -0.1) is 0 Å². The molecule has 1 aliphatic carbocycles. The Hall–Kier alpha value is -1.60. The second-order valence-electron chi connectivity index (χ2n) is 5.70. The first-order valence-electron chi connectivity index (χ1n) is 7.13. The van der Waals surface area contributed by atoms with Gasteiger partial charge in [0.1, 0.15) is 0 Å². The van der Waals surface area contributed by atoms with Crippen molar-refractivity contribution >= 4 is 0 Å². The van der Waals surface area contributed by atoms with Crippen molar-refractivity contribution in [2.24, 2.45) is 5.73 Å². The topological polar surface area (TPSA) is 26.0 Å². The van der Waals surface area contributed by atoms with Crippen LogP contribution in [0.2, 0.25) is 0 Å². The maximum Gasteiger partial charge on any atom is 0.0149 e. The Morgan fingerprint density at radius 1 is 1.11 bits per heavy atom. The van der Waals surface area contributed by atoms with Gasteiger partial charge in [-0.05, 0) is 48.8 Å². The second-order valence-corrected chi connectivity index (χ2v) is 5.70. The van der Waals surface area contributed by atoms with Crippen LogP contribution in [0.15, 0.2) is 48.5 Å². The molecule has 0 spiro atoms. The highest BCUT2D eigenvalue weighted by Gasteiger charge is 2.27. The van der Waals surface area contributed by atoms with Crippen LogP contribution in [0.1, 0.15) is 34.6 Å². The Labute approximate surface area is 115 Å². The molecule has 0 saturated heterocycles. The average molecular weight is 251 g/mol. The lowest BCUT2D eigenvalue weighted by Gasteiger charge is -2.20. The molecule has 0 saturated carbocycles. The fourth-order valence-electron chi connectivity index (χ4n) is 3.17. The van der Waals surface area contributed by atoms with Crippen molar-refractivity contribution in [2.75, 3.05) is 0 Å². The number of fused-ring (bicyclic) bond motifs is 1. The molecule has 0 bridgehead atoms. The van der Waals surface area contributed by atoms with Gasteiger partial charge in [-0.25, -0.2) is 0 Å². The molecule has 0 aromatic heterocycles. The Morgan fingerprint density at radius 2 is 1.84 bits per heavy atom. The van der Waals surface area contributed by atoms with Gasteiger partial charge in [0, 0.05) is 6.04 Å². The van der Waals surface area contributed by atoms with Crippen LogP contribution in [0.3, 0.4) is 0 Å². The summed E-state index contributed by atoms with van der Waals surface area (Å²) in [6.45, 7) is 2.12. The highest BCUT2D eigenvalue weighted by atomic mass is 14.7. The summed E-state index contributed by atoms with van der Waals surface area (Å²) in [7, 11) is 0. The molecule has 2 aromatic rings. The first-order chi connectivity index (χ1) is 9.24. The molecule has 0 fully saturated rings. The summed E-state index contributed by atoms with van der Waals surface area (Å²) in [6.07, 6.45) is 3.36. The van der Waals surface area contributed by atoms with Crippen molar-refractivity contribution in [1.29, 1.82) is 0 Å². The first-order valence-corrected chi connectivity index (χ1v) is 7.13. The van der Waals surface area contributed by atoms with E-state index < -0.39 is 0 Å². The molecule has 0 amide bonds. The van der Waals surface area contributed by atoms with Crippen LogP contribution in [0.25, 0.3) is 0 Å². The van der Waals surface area contributed by atoms with Crippen LogP contribution in [0.5, 0.6) is 0 Å². The molecule has 0 radical (unpaired) electrons. The van der Waals surface area contributed by atoms with E-state index in [1.54, 1.807) is 0 Å². The largest absolute Gasteiger partial charge is 0.327 e. The predicted octanol–water partition coefficient (Wildman–Crippen LogP) is 3.59. The Bertz CT molecular complexity index is 556. The zero-order chi connectivity index (χ0) is 13.2. The normalized spacial score (nSPS) is 19.2.